The molecule has 1 aliphatic rings. The van der Waals surface area contributed by atoms with Crippen LogP contribution < -0.4 is 4.72 Å². The number of nitrogens with zero attached hydrogens (tertiary/aromatic N) is 4. The van der Waals surface area contributed by atoms with Gasteiger partial charge in [-0.1, -0.05) is 18.2 Å². The normalized spacial score (nSPS) is 14.1. The topological polar surface area (TPSA) is 113 Å². The van der Waals surface area contributed by atoms with Crippen LogP contribution in [0.5, 0.6) is 0 Å². The van der Waals surface area contributed by atoms with Crippen LogP contribution in [0.4, 0.5) is 5.69 Å². The van der Waals surface area contributed by atoms with Crippen LogP contribution in [-0.2, 0) is 10.0 Å². The van der Waals surface area contributed by atoms with Crippen LogP contribution in [0.2, 0.25) is 0 Å². The molecule has 2 aromatic carbocycles. The number of hydrogen-bond donors (Lipinski definition) is 1. The number of sulfonamides is 1. The standard InChI is InChI=1S/C25H23N5O4S2/c1-17-27-16-21(35-17)25(32)30-14-12-29(13-15-30)24(31)19-7-9-20(10-8-19)28-36(33,34)22-6-2-4-18-5-3-11-26-23(18)22/h2-11,16,28H,12-15H2,1H3. The Labute approximate surface area is 212 Å². The van der Waals surface area contributed by atoms with E-state index in [-0.39, 0.29) is 16.7 Å². The van der Waals surface area contributed by atoms with E-state index >= 15 is 0 Å². The minimum atomic E-state index is -3.88. The lowest BCUT2D eigenvalue weighted by atomic mass is 10.1. The summed E-state index contributed by atoms with van der Waals surface area (Å²) in [5.74, 6) is -0.228. The summed E-state index contributed by atoms with van der Waals surface area (Å²) in [6.45, 7) is 3.59. The van der Waals surface area contributed by atoms with Crippen molar-refractivity contribution in [3.8, 4) is 0 Å². The number of hydrogen-bond acceptors (Lipinski definition) is 7. The van der Waals surface area contributed by atoms with Crippen molar-refractivity contribution in [1.82, 2.24) is 19.8 Å². The van der Waals surface area contributed by atoms with E-state index in [9.17, 15) is 18.0 Å². The molecule has 2 amide bonds. The molecule has 0 aliphatic carbocycles. The minimum Gasteiger partial charge on any atom is -0.335 e. The molecule has 11 heteroatoms. The monoisotopic (exact) mass is 521 g/mol. The molecule has 0 atom stereocenters. The lowest BCUT2D eigenvalue weighted by Crippen LogP contribution is -2.50. The van der Waals surface area contributed by atoms with E-state index in [0.29, 0.717) is 47.8 Å². The molecule has 0 unspecified atom stereocenters. The highest BCUT2D eigenvalue weighted by Crippen LogP contribution is 2.24. The van der Waals surface area contributed by atoms with Gasteiger partial charge in [0.15, 0.2) is 0 Å². The number of rotatable bonds is 5. The first-order chi connectivity index (χ1) is 17.3. The van der Waals surface area contributed by atoms with Crippen LogP contribution >= 0.6 is 11.3 Å². The first-order valence-corrected chi connectivity index (χ1v) is 13.6. The predicted octanol–water partition coefficient (Wildman–Crippen LogP) is 3.40. The maximum absolute atomic E-state index is 13.0. The molecule has 9 nitrogen and oxygen atoms in total. The van der Waals surface area contributed by atoms with E-state index in [0.717, 1.165) is 10.4 Å². The van der Waals surface area contributed by atoms with E-state index in [1.165, 1.54) is 17.4 Å². The van der Waals surface area contributed by atoms with Gasteiger partial charge in [0, 0.05) is 49.0 Å². The third-order valence-corrected chi connectivity index (χ3v) is 8.27. The summed E-state index contributed by atoms with van der Waals surface area (Å²) in [5.41, 5.74) is 1.18. The second kappa shape index (κ2) is 9.67. The highest BCUT2D eigenvalue weighted by atomic mass is 32.2. The van der Waals surface area contributed by atoms with E-state index < -0.39 is 10.0 Å². The van der Waals surface area contributed by atoms with Crippen molar-refractivity contribution in [2.75, 3.05) is 30.9 Å². The summed E-state index contributed by atoms with van der Waals surface area (Å²) in [5, 5.41) is 1.57. The van der Waals surface area contributed by atoms with Crippen molar-refractivity contribution in [2.45, 2.75) is 11.8 Å². The van der Waals surface area contributed by atoms with Gasteiger partial charge < -0.3 is 9.80 Å². The smallest absolute Gasteiger partial charge is 0.265 e. The number of piperazine rings is 1. The molecule has 0 radical (unpaired) electrons. The average Bonchev–Trinajstić information content (AvgIpc) is 3.34. The summed E-state index contributed by atoms with van der Waals surface area (Å²) in [6, 6.07) is 14.9. The van der Waals surface area contributed by atoms with Gasteiger partial charge in [0.1, 0.15) is 9.77 Å². The molecule has 1 aliphatic heterocycles. The van der Waals surface area contributed by atoms with Crippen LogP contribution in [0.15, 0.2) is 71.9 Å². The number of carbonyl (C=O) groups is 2. The van der Waals surface area contributed by atoms with Crippen LogP contribution in [0.25, 0.3) is 10.9 Å². The Kier molecular flexibility index (Phi) is 6.42. The van der Waals surface area contributed by atoms with Gasteiger partial charge in [-0.15, -0.1) is 11.3 Å². The zero-order chi connectivity index (χ0) is 25.3. The van der Waals surface area contributed by atoms with Crippen molar-refractivity contribution < 1.29 is 18.0 Å². The number of para-hydroxylation sites is 1. The average molecular weight is 522 g/mol. The SMILES string of the molecule is Cc1ncc(C(=O)N2CCN(C(=O)c3ccc(NS(=O)(=O)c4cccc5cccnc45)cc3)CC2)s1. The van der Waals surface area contributed by atoms with Crippen molar-refractivity contribution >= 4 is 49.8 Å². The Bertz CT molecular complexity index is 1540. The molecule has 1 saturated heterocycles. The fourth-order valence-electron chi connectivity index (χ4n) is 4.10. The van der Waals surface area contributed by atoms with Crippen LogP contribution in [0, 0.1) is 6.92 Å². The Morgan fingerprint density at radius 1 is 0.889 bits per heavy atom. The van der Waals surface area contributed by atoms with Gasteiger partial charge in [0.05, 0.1) is 16.7 Å². The molecule has 184 valence electrons. The molecular formula is C25H23N5O4S2. The summed E-state index contributed by atoms with van der Waals surface area (Å²) in [7, 11) is -3.88. The lowest BCUT2D eigenvalue weighted by Gasteiger charge is -2.34. The molecular weight excluding hydrogens is 498 g/mol. The molecule has 5 rings (SSSR count). The number of aryl methyl sites for hydroxylation is 1. The Morgan fingerprint density at radius 2 is 1.56 bits per heavy atom. The maximum Gasteiger partial charge on any atom is 0.265 e. The van der Waals surface area contributed by atoms with E-state index in [1.807, 2.05) is 6.92 Å². The summed E-state index contributed by atoms with van der Waals surface area (Å²) < 4.78 is 28.6. The molecule has 1 N–H and O–H groups in total. The predicted molar refractivity (Wildman–Crippen MR) is 138 cm³/mol. The van der Waals surface area contributed by atoms with Gasteiger partial charge in [0.25, 0.3) is 21.8 Å². The minimum absolute atomic E-state index is 0.0641. The highest BCUT2D eigenvalue weighted by molar-refractivity contribution is 7.93. The fraction of sp³-hybridized carbons (Fsp3) is 0.200. The number of pyridine rings is 1. The molecule has 3 heterocycles. The van der Waals surface area contributed by atoms with Crippen LogP contribution in [0.1, 0.15) is 25.0 Å². The second-order valence-corrected chi connectivity index (χ2v) is 11.2. The maximum atomic E-state index is 13.0. The Balaban J connectivity index is 1.23. The zero-order valence-electron chi connectivity index (χ0n) is 19.4. The zero-order valence-corrected chi connectivity index (χ0v) is 21.1. The number of carbonyl (C=O) groups excluding carboxylic acids is 2. The third-order valence-electron chi connectivity index (χ3n) is 5.96. The molecule has 0 spiro atoms. The Hall–Kier alpha value is -3.83. The molecule has 4 aromatic rings. The van der Waals surface area contributed by atoms with Crippen LogP contribution in [0.3, 0.4) is 0 Å². The quantitative estimate of drug-likeness (QED) is 0.431. The largest absolute Gasteiger partial charge is 0.335 e. The molecule has 0 bridgehead atoms. The summed E-state index contributed by atoms with van der Waals surface area (Å²) >= 11 is 1.36. The third kappa shape index (κ3) is 4.79. The number of amides is 2. The van der Waals surface area contributed by atoms with Crippen molar-refractivity contribution in [1.29, 1.82) is 0 Å². The number of anilines is 1. The Morgan fingerprint density at radius 3 is 2.22 bits per heavy atom. The van der Waals surface area contributed by atoms with E-state index in [4.69, 9.17) is 0 Å². The van der Waals surface area contributed by atoms with Gasteiger partial charge in [-0.2, -0.15) is 0 Å². The van der Waals surface area contributed by atoms with Gasteiger partial charge >= 0.3 is 0 Å². The molecule has 0 saturated carbocycles. The van der Waals surface area contributed by atoms with Crippen molar-refractivity contribution in [3.63, 3.8) is 0 Å². The summed E-state index contributed by atoms with van der Waals surface area (Å²) in [6.07, 6.45) is 3.14. The molecule has 36 heavy (non-hydrogen) atoms. The number of aromatic nitrogens is 2. The van der Waals surface area contributed by atoms with Crippen LogP contribution in [-0.4, -0.2) is 66.2 Å². The van der Waals surface area contributed by atoms with Crippen molar-refractivity contribution in [3.05, 3.63) is 82.4 Å². The molecule has 1 fully saturated rings. The van der Waals surface area contributed by atoms with E-state index in [2.05, 4.69) is 14.7 Å². The van der Waals surface area contributed by atoms with Crippen molar-refractivity contribution in [2.24, 2.45) is 0 Å². The second-order valence-electron chi connectivity index (χ2n) is 8.34. The van der Waals surface area contributed by atoms with Gasteiger partial charge in [-0.05, 0) is 43.3 Å². The highest BCUT2D eigenvalue weighted by Gasteiger charge is 2.26. The molecule has 2 aromatic heterocycles. The number of fused-ring (bicyclic) bond motifs is 1. The number of benzene rings is 2. The number of nitrogens with one attached hydrogen (secondary N) is 1. The number of thiazole rings is 1. The first kappa shape index (κ1) is 23.9. The van der Waals surface area contributed by atoms with Gasteiger partial charge in [-0.3, -0.25) is 19.3 Å². The summed E-state index contributed by atoms with van der Waals surface area (Å²) in [4.78, 5) is 38.1. The lowest BCUT2D eigenvalue weighted by molar-refractivity contribution is 0.0538. The van der Waals surface area contributed by atoms with E-state index in [1.54, 1.807) is 70.7 Å². The fourth-order valence-corrected chi connectivity index (χ4v) is 6.08. The first-order valence-electron chi connectivity index (χ1n) is 11.3. The van der Waals surface area contributed by atoms with Gasteiger partial charge in [0.2, 0.25) is 0 Å². The van der Waals surface area contributed by atoms with Gasteiger partial charge in [-0.25, -0.2) is 13.4 Å².